The van der Waals surface area contributed by atoms with Gasteiger partial charge >= 0.3 is 0 Å². The van der Waals surface area contributed by atoms with Gasteiger partial charge in [-0.15, -0.1) is 0 Å². The molecule has 16 heavy (non-hydrogen) atoms. The van der Waals surface area contributed by atoms with Crippen molar-refractivity contribution in [2.24, 2.45) is 5.73 Å². The molecule has 0 fully saturated rings. The smallest absolute Gasteiger partial charge is 0.0953 e. The molecule has 84 valence electrons. The molecule has 0 aliphatic heterocycles. The fourth-order valence-corrected chi connectivity index (χ4v) is 1.83. The van der Waals surface area contributed by atoms with Crippen molar-refractivity contribution >= 4 is 11.6 Å². The van der Waals surface area contributed by atoms with Crippen LogP contribution in [0.5, 0.6) is 0 Å². The van der Waals surface area contributed by atoms with E-state index in [0.717, 1.165) is 16.3 Å². The normalized spacial score (nSPS) is 12.7. The second-order valence-corrected chi connectivity index (χ2v) is 4.22. The summed E-state index contributed by atoms with van der Waals surface area (Å²) in [5, 5.41) is 0.727. The largest absolute Gasteiger partial charge is 0.328 e. The van der Waals surface area contributed by atoms with E-state index >= 15 is 0 Å². The van der Waals surface area contributed by atoms with Gasteiger partial charge in [0.2, 0.25) is 0 Å². The van der Waals surface area contributed by atoms with E-state index in [2.05, 4.69) is 16.5 Å². The van der Waals surface area contributed by atoms with Crippen LogP contribution in [0.4, 0.5) is 0 Å². The standard InChI is InChI=1S/C12H14ClN3/c1-9(6-14)16-8-15-7-12(16)10-3-2-4-11(13)5-10/h2-5,7-9H,6,14H2,1H3. The third kappa shape index (κ3) is 2.10. The first-order chi connectivity index (χ1) is 7.72. The Morgan fingerprint density at radius 2 is 2.31 bits per heavy atom. The van der Waals surface area contributed by atoms with Crippen molar-refractivity contribution in [3.8, 4) is 11.3 Å². The van der Waals surface area contributed by atoms with Crippen molar-refractivity contribution in [2.45, 2.75) is 13.0 Å². The van der Waals surface area contributed by atoms with Crippen LogP contribution in [-0.4, -0.2) is 16.1 Å². The Bertz CT molecular complexity index is 479. The average Bonchev–Trinajstić information content (AvgIpc) is 2.77. The molecule has 1 aromatic carbocycles. The average molecular weight is 236 g/mol. The van der Waals surface area contributed by atoms with E-state index in [-0.39, 0.29) is 6.04 Å². The molecule has 0 spiro atoms. The zero-order valence-corrected chi connectivity index (χ0v) is 9.85. The summed E-state index contributed by atoms with van der Waals surface area (Å²) in [5.74, 6) is 0. The fourth-order valence-electron chi connectivity index (χ4n) is 1.64. The summed E-state index contributed by atoms with van der Waals surface area (Å²) in [6.45, 7) is 2.65. The number of halogens is 1. The lowest BCUT2D eigenvalue weighted by Crippen LogP contribution is -2.15. The molecule has 0 saturated carbocycles. The molecule has 0 radical (unpaired) electrons. The lowest BCUT2D eigenvalue weighted by molar-refractivity contribution is 0.563. The van der Waals surface area contributed by atoms with Gasteiger partial charge in [0.1, 0.15) is 0 Å². The molecular weight excluding hydrogens is 222 g/mol. The summed E-state index contributed by atoms with van der Waals surface area (Å²) in [6.07, 6.45) is 3.63. The van der Waals surface area contributed by atoms with Crippen molar-refractivity contribution in [1.82, 2.24) is 9.55 Å². The molecule has 3 nitrogen and oxygen atoms in total. The van der Waals surface area contributed by atoms with Gasteiger partial charge in [-0.05, 0) is 19.1 Å². The molecule has 0 aliphatic carbocycles. The van der Waals surface area contributed by atoms with E-state index in [4.69, 9.17) is 17.3 Å². The van der Waals surface area contributed by atoms with Crippen LogP contribution in [-0.2, 0) is 0 Å². The van der Waals surface area contributed by atoms with Crippen molar-refractivity contribution in [2.75, 3.05) is 6.54 Å². The second kappa shape index (κ2) is 4.68. The zero-order chi connectivity index (χ0) is 11.5. The highest BCUT2D eigenvalue weighted by Gasteiger charge is 2.09. The topological polar surface area (TPSA) is 43.8 Å². The molecule has 0 amide bonds. The van der Waals surface area contributed by atoms with E-state index in [9.17, 15) is 0 Å². The molecule has 1 aromatic heterocycles. The number of hydrogen-bond donors (Lipinski definition) is 1. The van der Waals surface area contributed by atoms with Gasteiger partial charge in [0.15, 0.2) is 0 Å². The van der Waals surface area contributed by atoms with E-state index in [1.807, 2.05) is 30.5 Å². The Hall–Kier alpha value is -1.32. The van der Waals surface area contributed by atoms with Crippen molar-refractivity contribution in [3.63, 3.8) is 0 Å². The third-order valence-corrected chi connectivity index (χ3v) is 2.84. The van der Waals surface area contributed by atoms with Crippen LogP contribution in [0.25, 0.3) is 11.3 Å². The van der Waals surface area contributed by atoms with Crippen molar-refractivity contribution in [3.05, 3.63) is 41.8 Å². The number of rotatable bonds is 3. The maximum absolute atomic E-state index is 5.97. The minimum atomic E-state index is 0.233. The first-order valence-corrected chi connectivity index (χ1v) is 5.58. The van der Waals surface area contributed by atoms with Gasteiger partial charge < -0.3 is 10.3 Å². The van der Waals surface area contributed by atoms with Gasteiger partial charge in [0.05, 0.1) is 18.2 Å². The second-order valence-electron chi connectivity index (χ2n) is 3.78. The summed E-state index contributed by atoms with van der Waals surface area (Å²) in [7, 11) is 0. The van der Waals surface area contributed by atoms with Crippen LogP contribution < -0.4 is 5.73 Å². The number of benzene rings is 1. The van der Waals surface area contributed by atoms with Gasteiger partial charge in [-0.2, -0.15) is 0 Å². The summed E-state index contributed by atoms with van der Waals surface area (Å²) >= 11 is 5.97. The molecule has 0 aliphatic rings. The van der Waals surface area contributed by atoms with Crippen LogP contribution >= 0.6 is 11.6 Å². The van der Waals surface area contributed by atoms with Gasteiger partial charge in [-0.1, -0.05) is 23.7 Å². The molecule has 0 saturated heterocycles. The Labute approximate surface area is 99.9 Å². The highest BCUT2D eigenvalue weighted by molar-refractivity contribution is 6.30. The maximum atomic E-state index is 5.97. The Morgan fingerprint density at radius 3 is 3.00 bits per heavy atom. The first-order valence-electron chi connectivity index (χ1n) is 5.20. The van der Waals surface area contributed by atoms with Crippen LogP contribution in [0.3, 0.4) is 0 Å². The molecule has 1 unspecified atom stereocenters. The Morgan fingerprint density at radius 1 is 1.50 bits per heavy atom. The molecule has 4 heteroatoms. The lowest BCUT2D eigenvalue weighted by Gasteiger charge is -2.14. The van der Waals surface area contributed by atoms with E-state index in [1.54, 1.807) is 6.33 Å². The minimum Gasteiger partial charge on any atom is -0.328 e. The van der Waals surface area contributed by atoms with Crippen LogP contribution in [0, 0.1) is 0 Å². The monoisotopic (exact) mass is 235 g/mol. The van der Waals surface area contributed by atoms with Crippen LogP contribution in [0.1, 0.15) is 13.0 Å². The SMILES string of the molecule is CC(CN)n1cncc1-c1cccc(Cl)c1. The quantitative estimate of drug-likeness (QED) is 0.889. The summed E-state index contributed by atoms with van der Waals surface area (Å²) in [4.78, 5) is 4.16. The van der Waals surface area contributed by atoms with E-state index < -0.39 is 0 Å². The number of hydrogen-bond acceptors (Lipinski definition) is 2. The molecule has 1 heterocycles. The van der Waals surface area contributed by atoms with Gasteiger partial charge in [0, 0.05) is 23.2 Å². The lowest BCUT2D eigenvalue weighted by atomic mass is 10.1. The molecule has 2 aromatic rings. The number of nitrogens with two attached hydrogens (primary N) is 1. The minimum absolute atomic E-state index is 0.233. The van der Waals surface area contributed by atoms with E-state index in [1.165, 1.54) is 0 Å². The maximum Gasteiger partial charge on any atom is 0.0953 e. The van der Waals surface area contributed by atoms with Crippen LogP contribution in [0.15, 0.2) is 36.8 Å². The highest BCUT2D eigenvalue weighted by atomic mass is 35.5. The number of imidazole rings is 1. The summed E-state index contributed by atoms with van der Waals surface area (Å²) in [6, 6.07) is 7.97. The predicted molar refractivity (Wildman–Crippen MR) is 66.4 cm³/mol. The number of aromatic nitrogens is 2. The van der Waals surface area contributed by atoms with Crippen molar-refractivity contribution in [1.29, 1.82) is 0 Å². The summed E-state index contributed by atoms with van der Waals surface area (Å²) in [5.41, 5.74) is 7.77. The predicted octanol–water partition coefficient (Wildman–Crippen LogP) is 2.72. The van der Waals surface area contributed by atoms with Crippen molar-refractivity contribution < 1.29 is 0 Å². The number of nitrogens with zero attached hydrogens (tertiary/aromatic N) is 2. The molecule has 1 atom stereocenters. The molecule has 2 N–H and O–H groups in total. The molecule has 2 rings (SSSR count). The highest BCUT2D eigenvalue weighted by Crippen LogP contribution is 2.24. The Balaban J connectivity index is 2.44. The van der Waals surface area contributed by atoms with Gasteiger partial charge in [-0.25, -0.2) is 4.98 Å². The van der Waals surface area contributed by atoms with Gasteiger partial charge in [0.25, 0.3) is 0 Å². The van der Waals surface area contributed by atoms with Gasteiger partial charge in [-0.3, -0.25) is 0 Å². The molecular formula is C12H14ClN3. The Kier molecular flexibility index (Phi) is 3.27. The first kappa shape index (κ1) is 11.2. The van der Waals surface area contributed by atoms with Crippen LogP contribution in [0.2, 0.25) is 5.02 Å². The molecule has 0 bridgehead atoms. The van der Waals surface area contributed by atoms with E-state index in [0.29, 0.717) is 6.54 Å². The third-order valence-electron chi connectivity index (χ3n) is 2.60. The fraction of sp³-hybridized carbons (Fsp3) is 0.250. The summed E-state index contributed by atoms with van der Waals surface area (Å²) < 4.78 is 2.06. The zero-order valence-electron chi connectivity index (χ0n) is 9.10.